The minimum Gasteiger partial charge on any atom is -0.508 e. The van der Waals surface area contributed by atoms with Gasteiger partial charge in [0.15, 0.2) is 0 Å². The van der Waals surface area contributed by atoms with Gasteiger partial charge in [0.1, 0.15) is 5.75 Å². The molecule has 0 bridgehead atoms. The first-order valence-electron chi connectivity index (χ1n) is 6.72. The van der Waals surface area contributed by atoms with Crippen LogP contribution in [0.25, 0.3) is 0 Å². The van der Waals surface area contributed by atoms with Gasteiger partial charge in [-0.25, -0.2) is 0 Å². The molecule has 3 nitrogen and oxygen atoms in total. The van der Waals surface area contributed by atoms with E-state index in [1.165, 1.54) is 0 Å². The fourth-order valence-corrected chi connectivity index (χ4v) is 3.15. The smallest absolute Gasteiger partial charge is 0.254 e. The minimum atomic E-state index is -0.0639. The van der Waals surface area contributed by atoms with Crippen molar-refractivity contribution in [1.82, 2.24) is 4.90 Å². The molecule has 1 saturated carbocycles. The Morgan fingerprint density at radius 3 is 2.74 bits per heavy atom. The van der Waals surface area contributed by atoms with Gasteiger partial charge in [0.2, 0.25) is 0 Å². The lowest BCUT2D eigenvalue weighted by Crippen LogP contribution is -2.44. The van der Waals surface area contributed by atoms with Crippen LogP contribution in [0.15, 0.2) is 18.2 Å². The SMILES string of the molecule is Cc1c(O)cccc1C(=O)N(C)C1CCCCC1Cl. The molecule has 0 radical (unpaired) electrons. The lowest BCUT2D eigenvalue weighted by atomic mass is 9.93. The molecule has 0 heterocycles. The molecule has 1 fully saturated rings. The van der Waals surface area contributed by atoms with Crippen LogP contribution in [0.4, 0.5) is 0 Å². The summed E-state index contributed by atoms with van der Waals surface area (Å²) in [7, 11) is 1.80. The van der Waals surface area contributed by atoms with E-state index in [0.29, 0.717) is 11.1 Å². The number of hydrogen-bond donors (Lipinski definition) is 1. The highest BCUT2D eigenvalue weighted by Gasteiger charge is 2.30. The zero-order valence-corrected chi connectivity index (χ0v) is 12.2. The summed E-state index contributed by atoms with van der Waals surface area (Å²) in [5, 5.41) is 9.72. The molecule has 1 aliphatic carbocycles. The summed E-state index contributed by atoms with van der Waals surface area (Å²) >= 11 is 6.34. The first-order valence-corrected chi connectivity index (χ1v) is 7.16. The molecule has 104 valence electrons. The molecule has 4 heteroatoms. The van der Waals surface area contributed by atoms with E-state index in [0.717, 1.165) is 25.7 Å². The Bertz CT molecular complexity index is 475. The maximum Gasteiger partial charge on any atom is 0.254 e. The van der Waals surface area contributed by atoms with Crippen molar-refractivity contribution >= 4 is 17.5 Å². The van der Waals surface area contributed by atoms with E-state index in [2.05, 4.69) is 0 Å². The van der Waals surface area contributed by atoms with E-state index in [1.807, 2.05) is 0 Å². The lowest BCUT2D eigenvalue weighted by Gasteiger charge is -2.35. The Labute approximate surface area is 119 Å². The Balaban J connectivity index is 2.21. The fraction of sp³-hybridized carbons (Fsp3) is 0.533. The number of alkyl halides is 1. The number of aromatic hydroxyl groups is 1. The third kappa shape index (κ3) is 2.86. The normalized spacial score (nSPS) is 23.1. The first-order chi connectivity index (χ1) is 9.02. The molecule has 1 aromatic carbocycles. The number of rotatable bonds is 2. The Kier molecular flexibility index (Phi) is 4.35. The molecule has 0 saturated heterocycles. The highest BCUT2D eigenvalue weighted by molar-refractivity contribution is 6.21. The molecule has 0 aliphatic heterocycles. The summed E-state index contributed by atoms with van der Waals surface area (Å²) in [5.74, 6) is 0.0938. The molecule has 2 rings (SSSR count). The van der Waals surface area contributed by atoms with Gasteiger partial charge in [0.25, 0.3) is 5.91 Å². The number of carbonyl (C=O) groups excluding carboxylic acids is 1. The summed E-state index contributed by atoms with van der Waals surface area (Å²) in [4.78, 5) is 14.3. The fourth-order valence-electron chi connectivity index (χ4n) is 2.70. The predicted octanol–water partition coefficient (Wildman–Crippen LogP) is 3.32. The standard InChI is InChI=1S/C15H20ClNO2/c1-10-11(6-5-9-14(10)18)15(19)17(2)13-8-4-3-7-12(13)16/h5-6,9,12-13,18H,3-4,7-8H2,1-2H3. The van der Waals surface area contributed by atoms with Crippen molar-refractivity contribution in [3.05, 3.63) is 29.3 Å². The molecular weight excluding hydrogens is 262 g/mol. The average Bonchev–Trinajstić information content (AvgIpc) is 2.41. The number of phenols is 1. The number of hydrogen-bond acceptors (Lipinski definition) is 2. The van der Waals surface area contributed by atoms with Crippen LogP contribution in [0, 0.1) is 6.92 Å². The van der Waals surface area contributed by atoms with Gasteiger partial charge in [0, 0.05) is 24.2 Å². The van der Waals surface area contributed by atoms with E-state index in [1.54, 1.807) is 37.1 Å². The molecule has 0 spiro atoms. The van der Waals surface area contributed by atoms with Crippen molar-refractivity contribution < 1.29 is 9.90 Å². The molecule has 19 heavy (non-hydrogen) atoms. The second-order valence-corrected chi connectivity index (χ2v) is 5.79. The van der Waals surface area contributed by atoms with Crippen LogP contribution in [-0.4, -0.2) is 34.4 Å². The predicted molar refractivity (Wildman–Crippen MR) is 76.8 cm³/mol. The van der Waals surface area contributed by atoms with Gasteiger partial charge in [-0.3, -0.25) is 4.79 Å². The average molecular weight is 282 g/mol. The van der Waals surface area contributed by atoms with Gasteiger partial charge in [0.05, 0.1) is 5.38 Å². The second kappa shape index (κ2) is 5.83. The number of nitrogens with zero attached hydrogens (tertiary/aromatic N) is 1. The summed E-state index contributed by atoms with van der Waals surface area (Å²) < 4.78 is 0. The monoisotopic (exact) mass is 281 g/mol. The number of amides is 1. The van der Waals surface area contributed by atoms with Crippen LogP contribution in [-0.2, 0) is 0 Å². The van der Waals surface area contributed by atoms with Crippen molar-refractivity contribution in [3.8, 4) is 5.75 Å². The van der Waals surface area contributed by atoms with Crippen LogP contribution in [0.1, 0.15) is 41.6 Å². The zero-order valence-electron chi connectivity index (χ0n) is 11.4. The van der Waals surface area contributed by atoms with Gasteiger partial charge in [-0.15, -0.1) is 11.6 Å². The maximum absolute atomic E-state index is 12.5. The number of benzene rings is 1. The highest BCUT2D eigenvalue weighted by Crippen LogP contribution is 2.28. The van der Waals surface area contributed by atoms with Crippen molar-refractivity contribution in [2.75, 3.05) is 7.05 Å². The van der Waals surface area contributed by atoms with Crippen LogP contribution in [0.2, 0.25) is 0 Å². The zero-order chi connectivity index (χ0) is 14.0. The summed E-state index contributed by atoms with van der Waals surface area (Å²) in [5.41, 5.74) is 1.18. The molecule has 1 N–H and O–H groups in total. The van der Waals surface area contributed by atoms with Crippen molar-refractivity contribution in [1.29, 1.82) is 0 Å². The molecule has 1 aromatic rings. The van der Waals surface area contributed by atoms with Crippen molar-refractivity contribution in [3.63, 3.8) is 0 Å². The molecule has 1 amide bonds. The molecule has 0 aromatic heterocycles. The van der Waals surface area contributed by atoms with Gasteiger partial charge < -0.3 is 10.0 Å². The molecule has 2 unspecified atom stereocenters. The van der Waals surface area contributed by atoms with E-state index in [4.69, 9.17) is 11.6 Å². The van der Waals surface area contributed by atoms with E-state index in [-0.39, 0.29) is 23.1 Å². The lowest BCUT2D eigenvalue weighted by molar-refractivity contribution is 0.0699. The van der Waals surface area contributed by atoms with E-state index >= 15 is 0 Å². The summed E-state index contributed by atoms with van der Waals surface area (Å²) in [6.07, 6.45) is 4.17. The van der Waals surface area contributed by atoms with E-state index in [9.17, 15) is 9.90 Å². The topological polar surface area (TPSA) is 40.5 Å². The second-order valence-electron chi connectivity index (χ2n) is 5.23. The first kappa shape index (κ1) is 14.2. The van der Waals surface area contributed by atoms with Crippen LogP contribution in [0.3, 0.4) is 0 Å². The van der Waals surface area contributed by atoms with Crippen LogP contribution >= 0.6 is 11.6 Å². The third-order valence-corrected chi connectivity index (χ3v) is 4.51. The van der Waals surface area contributed by atoms with Crippen molar-refractivity contribution in [2.24, 2.45) is 0 Å². The van der Waals surface area contributed by atoms with Gasteiger partial charge in [-0.05, 0) is 31.9 Å². The third-order valence-electron chi connectivity index (χ3n) is 4.00. The summed E-state index contributed by atoms with van der Waals surface area (Å²) in [6, 6.07) is 5.13. The number of carbonyl (C=O) groups is 1. The Hall–Kier alpha value is -1.22. The van der Waals surface area contributed by atoms with Gasteiger partial charge in [-0.1, -0.05) is 18.9 Å². The highest BCUT2D eigenvalue weighted by atomic mass is 35.5. The van der Waals surface area contributed by atoms with Crippen LogP contribution in [0.5, 0.6) is 5.75 Å². The quantitative estimate of drug-likeness (QED) is 0.845. The van der Waals surface area contributed by atoms with Crippen molar-refractivity contribution in [2.45, 2.75) is 44.0 Å². The Morgan fingerprint density at radius 2 is 2.05 bits per heavy atom. The molecule has 2 atom stereocenters. The largest absolute Gasteiger partial charge is 0.508 e. The van der Waals surface area contributed by atoms with E-state index < -0.39 is 0 Å². The van der Waals surface area contributed by atoms with Crippen LogP contribution < -0.4 is 0 Å². The van der Waals surface area contributed by atoms with Gasteiger partial charge >= 0.3 is 0 Å². The van der Waals surface area contributed by atoms with Gasteiger partial charge in [-0.2, -0.15) is 0 Å². The Morgan fingerprint density at radius 1 is 1.37 bits per heavy atom. The maximum atomic E-state index is 12.5. The minimum absolute atomic E-state index is 0.0281. The molecule has 1 aliphatic rings. The molecular formula is C15H20ClNO2. The summed E-state index contributed by atoms with van der Waals surface area (Å²) in [6.45, 7) is 1.76. The number of halogens is 1. The number of phenolic OH excluding ortho intramolecular Hbond substituents is 1.